The fourth-order valence-electron chi connectivity index (χ4n) is 9.56. The third-order valence-corrected chi connectivity index (χ3v) is 13.5. The molecule has 0 aliphatic rings. The van der Waals surface area contributed by atoms with Gasteiger partial charge in [0.15, 0.2) is 11.2 Å². The molecule has 0 radical (unpaired) electrons. The van der Waals surface area contributed by atoms with Crippen LogP contribution in [-0.4, -0.2) is 0 Å². The van der Waals surface area contributed by atoms with Gasteiger partial charge in [0.2, 0.25) is 0 Å². The van der Waals surface area contributed by atoms with Crippen LogP contribution in [0.4, 0.5) is 34.1 Å². The van der Waals surface area contributed by atoms with E-state index in [1.807, 2.05) is 0 Å². The van der Waals surface area contributed by atoms with E-state index in [0.29, 0.717) is 0 Å². The highest BCUT2D eigenvalue weighted by Gasteiger charge is 2.25. The summed E-state index contributed by atoms with van der Waals surface area (Å²) in [6.07, 6.45) is 0. The molecule has 0 unspecified atom stereocenters. The summed E-state index contributed by atoms with van der Waals surface area (Å²) in [4.78, 5) is 4.67. The predicted molar refractivity (Wildman–Crippen MR) is 283 cm³/mol. The van der Waals surface area contributed by atoms with E-state index in [2.05, 4.69) is 251 Å². The van der Waals surface area contributed by atoms with E-state index in [1.54, 1.807) is 0 Å². The summed E-state index contributed by atoms with van der Waals surface area (Å²) in [5.41, 5.74) is 14.9. The van der Waals surface area contributed by atoms with Crippen molar-refractivity contribution in [3.05, 3.63) is 180 Å². The van der Waals surface area contributed by atoms with E-state index >= 15 is 0 Å². The highest BCUT2D eigenvalue weighted by atomic mass is 16.4. The number of nitrogens with zero attached hydrogens (tertiary/aromatic N) is 2. The van der Waals surface area contributed by atoms with Crippen molar-refractivity contribution in [2.75, 3.05) is 9.80 Å². The SMILES string of the molecule is CC(C)(C)c1ccc(N(c2ccc(C(C)(C)C)cc2)c2ccc3c(c2)oc2c4oc5cc(N(c6ccc(C(C)(C)C)cc6)c6ccc(C(C)(C)C)cc6)ccc5c4c4ccccc4c32)cc1. The van der Waals surface area contributed by atoms with Crippen LogP contribution in [0.1, 0.15) is 105 Å². The Kier molecular flexibility index (Phi) is 10.1. The van der Waals surface area contributed by atoms with Crippen LogP contribution in [0.25, 0.3) is 54.6 Å². The summed E-state index contributed by atoms with van der Waals surface area (Å²) in [6.45, 7) is 27.1. The van der Waals surface area contributed by atoms with Crippen molar-refractivity contribution >= 4 is 88.8 Å². The molecular formula is C62H62N2O2. The van der Waals surface area contributed by atoms with Gasteiger partial charge in [0.1, 0.15) is 11.2 Å². The van der Waals surface area contributed by atoms with E-state index in [1.165, 1.54) is 22.3 Å². The van der Waals surface area contributed by atoms with Crippen molar-refractivity contribution in [2.24, 2.45) is 0 Å². The van der Waals surface area contributed by atoms with Crippen molar-refractivity contribution < 1.29 is 8.83 Å². The lowest BCUT2D eigenvalue weighted by Gasteiger charge is -2.28. The first-order chi connectivity index (χ1) is 31.2. The Bertz CT molecular complexity index is 3070. The molecule has 0 saturated carbocycles. The summed E-state index contributed by atoms with van der Waals surface area (Å²) in [5, 5.41) is 6.53. The second kappa shape index (κ2) is 15.4. The minimum atomic E-state index is 0.0490. The second-order valence-corrected chi connectivity index (χ2v) is 22.4. The standard InChI is InChI=1S/C62H62N2O2/c1-59(2,3)39-17-25-43(26-18-39)63(44-27-19-40(20-28-44)60(4,5)6)47-33-35-51-53(37-47)65-57-55(51)49-15-13-14-16-50(49)56-52-36-34-48(38-54(52)66-58(56)57)64(45-29-21-41(22-30-45)61(7,8)9)46-31-23-42(24-32-46)62(10,11)12/h13-38H,1-12H3. The van der Waals surface area contributed by atoms with Crippen LogP contribution in [0.5, 0.6) is 0 Å². The smallest absolute Gasteiger partial charge is 0.179 e. The summed E-state index contributed by atoms with van der Waals surface area (Å²) in [5.74, 6) is 0. The average molecular weight is 867 g/mol. The zero-order valence-corrected chi connectivity index (χ0v) is 40.7. The van der Waals surface area contributed by atoms with Gasteiger partial charge in [-0.1, -0.05) is 156 Å². The van der Waals surface area contributed by atoms with Gasteiger partial charge in [-0.05, 0) is 127 Å². The first-order valence-electron chi connectivity index (χ1n) is 23.5. The molecule has 66 heavy (non-hydrogen) atoms. The van der Waals surface area contributed by atoms with Gasteiger partial charge in [0.05, 0.1) is 0 Å². The first-order valence-corrected chi connectivity index (χ1v) is 23.5. The largest absolute Gasteiger partial charge is 0.452 e. The van der Waals surface area contributed by atoms with Crippen molar-refractivity contribution in [1.82, 2.24) is 0 Å². The molecule has 0 amide bonds. The van der Waals surface area contributed by atoms with E-state index in [0.717, 1.165) is 88.8 Å². The summed E-state index contributed by atoms with van der Waals surface area (Å²) in [6, 6.07) is 58.0. The molecule has 0 spiro atoms. The monoisotopic (exact) mass is 866 g/mol. The number of benzene rings is 8. The third-order valence-electron chi connectivity index (χ3n) is 13.5. The van der Waals surface area contributed by atoms with Crippen LogP contribution in [0.15, 0.2) is 167 Å². The molecule has 10 rings (SSSR count). The Morgan fingerprint density at radius 3 is 0.803 bits per heavy atom. The highest BCUT2D eigenvalue weighted by Crippen LogP contribution is 2.48. The molecule has 0 fully saturated rings. The number of rotatable bonds is 6. The quantitative estimate of drug-likeness (QED) is 0.167. The van der Waals surface area contributed by atoms with E-state index in [9.17, 15) is 0 Å². The Hall–Kier alpha value is -6.78. The van der Waals surface area contributed by atoms with Gasteiger partial charge in [-0.25, -0.2) is 0 Å². The van der Waals surface area contributed by atoms with Crippen LogP contribution in [0.3, 0.4) is 0 Å². The number of anilines is 6. The normalized spacial score (nSPS) is 12.8. The first kappa shape index (κ1) is 43.1. The average Bonchev–Trinajstić information content (AvgIpc) is 3.85. The summed E-state index contributed by atoms with van der Waals surface area (Å²) >= 11 is 0. The molecule has 2 aromatic heterocycles. The van der Waals surface area contributed by atoms with Gasteiger partial charge in [0, 0.05) is 67.8 Å². The zero-order chi connectivity index (χ0) is 46.5. The molecule has 0 saturated heterocycles. The Morgan fingerprint density at radius 2 is 0.545 bits per heavy atom. The van der Waals surface area contributed by atoms with Crippen molar-refractivity contribution in [3.63, 3.8) is 0 Å². The molecular weight excluding hydrogens is 805 g/mol. The Morgan fingerprint density at radius 1 is 0.288 bits per heavy atom. The van der Waals surface area contributed by atoms with E-state index < -0.39 is 0 Å². The van der Waals surface area contributed by atoms with Gasteiger partial charge in [-0.3, -0.25) is 0 Å². The molecule has 0 N–H and O–H groups in total. The molecule has 0 aliphatic carbocycles. The van der Waals surface area contributed by atoms with Crippen LogP contribution < -0.4 is 9.80 Å². The maximum absolute atomic E-state index is 7.06. The summed E-state index contributed by atoms with van der Waals surface area (Å²) in [7, 11) is 0. The van der Waals surface area contributed by atoms with Crippen molar-refractivity contribution in [3.8, 4) is 0 Å². The van der Waals surface area contributed by atoms with E-state index in [-0.39, 0.29) is 21.7 Å². The molecule has 2 heterocycles. The summed E-state index contributed by atoms with van der Waals surface area (Å²) < 4.78 is 14.1. The molecule has 0 bridgehead atoms. The maximum Gasteiger partial charge on any atom is 0.179 e. The lowest BCUT2D eigenvalue weighted by Crippen LogP contribution is -2.14. The van der Waals surface area contributed by atoms with Crippen LogP contribution in [0.2, 0.25) is 0 Å². The predicted octanol–water partition coefficient (Wildman–Crippen LogP) is 18.8. The third kappa shape index (κ3) is 7.60. The topological polar surface area (TPSA) is 32.8 Å². The lowest BCUT2D eigenvalue weighted by atomic mass is 9.86. The van der Waals surface area contributed by atoms with Crippen molar-refractivity contribution in [2.45, 2.75) is 105 Å². The van der Waals surface area contributed by atoms with Gasteiger partial charge in [-0.15, -0.1) is 0 Å². The minimum Gasteiger partial charge on any atom is -0.452 e. The maximum atomic E-state index is 7.06. The number of fused-ring (bicyclic) bond motifs is 10. The van der Waals surface area contributed by atoms with Crippen molar-refractivity contribution in [1.29, 1.82) is 0 Å². The van der Waals surface area contributed by atoms with Crippen LogP contribution >= 0.6 is 0 Å². The molecule has 4 nitrogen and oxygen atoms in total. The Labute approximate surface area is 390 Å². The van der Waals surface area contributed by atoms with Gasteiger partial charge < -0.3 is 18.6 Å². The van der Waals surface area contributed by atoms with Gasteiger partial charge >= 0.3 is 0 Å². The van der Waals surface area contributed by atoms with Crippen LogP contribution in [-0.2, 0) is 21.7 Å². The molecule has 0 aliphatic heterocycles. The fraction of sp³-hybridized carbons (Fsp3) is 0.258. The van der Waals surface area contributed by atoms with Gasteiger partial charge in [-0.2, -0.15) is 0 Å². The minimum absolute atomic E-state index is 0.0490. The molecule has 10 aromatic rings. The van der Waals surface area contributed by atoms with Gasteiger partial charge in [0.25, 0.3) is 0 Å². The molecule has 0 atom stereocenters. The highest BCUT2D eigenvalue weighted by molar-refractivity contribution is 6.33. The molecule has 4 heteroatoms. The fourth-order valence-corrected chi connectivity index (χ4v) is 9.56. The number of hydrogen-bond donors (Lipinski definition) is 0. The zero-order valence-electron chi connectivity index (χ0n) is 40.7. The van der Waals surface area contributed by atoms with E-state index in [4.69, 9.17) is 8.83 Å². The van der Waals surface area contributed by atoms with Crippen LogP contribution in [0, 0.1) is 0 Å². The molecule has 332 valence electrons. The Balaban J connectivity index is 1.14. The number of furan rings is 2. The second-order valence-electron chi connectivity index (χ2n) is 22.4. The number of hydrogen-bond acceptors (Lipinski definition) is 4. The molecule has 8 aromatic carbocycles. The lowest BCUT2D eigenvalue weighted by molar-refractivity contribution is 0.590.